The van der Waals surface area contributed by atoms with Crippen LogP contribution >= 0.6 is 0 Å². The van der Waals surface area contributed by atoms with Gasteiger partial charge in [-0.1, -0.05) is 30.3 Å². The lowest BCUT2D eigenvalue weighted by molar-refractivity contribution is -0.132. The number of carbonyl (C=O) groups is 1. The minimum Gasteiger partial charge on any atom is -0.343 e. The summed E-state index contributed by atoms with van der Waals surface area (Å²) in [5.41, 5.74) is 6.80. The van der Waals surface area contributed by atoms with E-state index in [1.807, 2.05) is 30.0 Å². The third kappa shape index (κ3) is 2.91. The average molecular weight is 246 g/mol. The second-order valence-electron chi connectivity index (χ2n) is 4.92. The molecule has 1 amide bonds. The van der Waals surface area contributed by atoms with Crippen LogP contribution in [0.4, 0.5) is 0 Å². The molecule has 18 heavy (non-hydrogen) atoms. The zero-order valence-electron chi connectivity index (χ0n) is 11.0. The molecule has 3 nitrogen and oxygen atoms in total. The van der Waals surface area contributed by atoms with Crippen molar-refractivity contribution in [3.63, 3.8) is 0 Å². The molecule has 1 saturated carbocycles. The number of benzene rings is 1. The quantitative estimate of drug-likeness (QED) is 0.834. The van der Waals surface area contributed by atoms with Gasteiger partial charge in [-0.05, 0) is 37.8 Å². The number of nitrogens with zero attached hydrogens (tertiary/aromatic N) is 1. The summed E-state index contributed by atoms with van der Waals surface area (Å²) in [4.78, 5) is 14.3. The molecule has 1 aliphatic rings. The van der Waals surface area contributed by atoms with Crippen molar-refractivity contribution in [1.82, 2.24) is 4.90 Å². The first-order chi connectivity index (χ1) is 8.77. The summed E-state index contributed by atoms with van der Waals surface area (Å²) in [6.07, 6.45) is 1.89. The Morgan fingerprint density at radius 3 is 2.72 bits per heavy atom. The highest BCUT2D eigenvalue weighted by Crippen LogP contribution is 2.48. The van der Waals surface area contributed by atoms with Crippen LogP contribution in [0.3, 0.4) is 0 Å². The Morgan fingerprint density at radius 1 is 1.39 bits per heavy atom. The van der Waals surface area contributed by atoms with Gasteiger partial charge in [-0.3, -0.25) is 4.79 Å². The predicted molar refractivity (Wildman–Crippen MR) is 73.2 cm³/mol. The lowest BCUT2D eigenvalue weighted by atomic mass is 10.1. The molecule has 2 atom stereocenters. The van der Waals surface area contributed by atoms with Crippen LogP contribution in [0.15, 0.2) is 30.3 Å². The molecule has 1 aliphatic carbocycles. The molecule has 1 aromatic rings. The summed E-state index contributed by atoms with van der Waals surface area (Å²) in [5.74, 6) is 0.940. The zero-order valence-corrected chi connectivity index (χ0v) is 11.0. The maximum absolute atomic E-state index is 12.3. The third-order valence-electron chi connectivity index (χ3n) is 3.66. The number of rotatable bonds is 6. The van der Waals surface area contributed by atoms with E-state index < -0.39 is 0 Å². The lowest BCUT2D eigenvalue weighted by Crippen LogP contribution is -2.34. The second kappa shape index (κ2) is 6.01. The van der Waals surface area contributed by atoms with Crippen LogP contribution in [-0.4, -0.2) is 30.4 Å². The molecule has 1 fully saturated rings. The first-order valence-corrected chi connectivity index (χ1v) is 6.81. The highest BCUT2D eigenvalue weighted by Gasteiger charge is 2.45. The molecular weight excluding hydrogens is 224 g/mol. The number of carbonyl (C=O) groups excluding carboxylic acids is 1. The van der Waals surface area contributed by atoms with E-state index in [4.69, 9.17) is 5.73 Å². The van der Waals surface area contributed by atoms with Gasteiger partial charge in [-0.25, -0.2) is 0 Å². The minimum atomic E-state index is 0.199. The van der Waals surface area contributed by atoms with E-state index in [0.717, 1.165) is 25.9 Å². The maximum atomic E-state index is 12.3. The molecule has 2 rings (SSSR count). The normalized spacial score (nSPS) is 21.7. The fourth-order valence-electron chi connectivity index (χ4n) is 2.48. The van der Waals surface area contributed by atoms with Crippen LogP contribution < -0.4 is 5.73 Å². The van der Waals surface area contributed by atoms with E-state index in [1.54, 1.807) is 0 Å². The molecular formula is C15H22N2O. The summed E-state index contributed by atoms with van der Waals surface area (Å²) in [7, 11) is 0. The Labute approximate surface area is 109 Å². The average Bonchev–Trinajstić information content (AvgIpc) is 3.20. The highest BCUT2D eigenvalue weighted by molar-refractivity contribution is 5.83. The van der Waals surface area contributed by atoms with Gasteiger partial charge in [0.05, 0.1) is 0 Å². The first kappa shape index (κ1) is 13.1. The molecule has 3 heteroatoms. The van der Waals surface area contributed by atoms with E-state index in [9.17, 15) is 4.79 Å². The van der Waals surface area contributed by atoms with Gasteiger partial charge >= 0.3 is 0 Å². The minimum absolute atomic E-state index is 0.199. The van der Waals surface area contributed by atoms with Crippen molar-refractivity contribution < 1.29 is 4.79 Å². The fraction of sp³-hybridized carbons (Fsp3) is 0.533. The van der Waals surface area contributed by atoms with Crippen LogP contribution in [0, 0.1) is 5.92 Å². The SMILES string of the molecule is CCN(CCCN)C(=O)C1CC1c1ccccc1. The molecule has 98 valence electrons. The van der Waals surface area contributed by atoms with Gasteiger partial charge in [-0.15, -0.1) is 0 Å². The molecule has 0 radical (unpaired) electrons. The van der Waals surface area contributed by atoms with E-state index in [-0.39, 0.29) is 5.92 Å². The number of hydrogen-bond donors (Lipinski definition) is 1. The van der Waals surface area contributed by atoms with Crippen LogP contribution in [-0.2, 0) is 4.79 Å². The van der Waals surface area contributed by atoms with Crippen molar-refractivity contribution >= 4 is 5.91 Å². The van der Waals surface area contributed by atoms with Crippen molar-refractivity contribution in [2.75, 3.05) is 19.6 Å². The topological polar surface area (TPSA) is 46.3 Å². The summed E-state index contributed by atoms with van der Waals surface area (Å²) >= 11 is 0. The molecule has 0 aliphatic heterocycles. The predicted octanol–water partition coefficient (Wildman–Crippen LogP) is 1.99. The monoisotopic (exact) mass is 246 g/mol. The third-order valence-corrected chi connectivity index (χ3v) is 3.66. The fourth-order valence-corrected chi connectivity index (χ4v) is 2.48. The maximum Gasteiger partial charge on any atom is 0.226 e. The van der Waals surface area contributed by atoms with Crippen molar-refractivity contribution in [3.8, 4) is 0 Å². The molecule has 1 aromatic carbocycles. The number of nitrogens with two attached hydrogens (primary N) is 1. The van der Waals surface area contributed by atoms with Gasteiger partial charge in [0.25, 0.3) is 0 Å². The van der Waals surface area contributed by atoms with E-state index in [1.165, 1.54) is 5.56 Å². The molecule has 0 heterocycles. The van der Waals surface area contributed by atoms with E-state index >= 15 is 0 Å². The summed E-state index contributed by atoms with van der Waals surface area (Å²) < 4.78 is 0. The van der Waals surface area contributed by atoms with Gasteiger partial charge in [0.2, 0.25) is 5.91 Å². The van der Waals surface area contributed by atoms with Gasteiger partial charge < -0.3 is 10.6 Å². The Bertz CT molecular complexity index is 391. The molecule has 0 aromatic heterocycles. The van der Waals surface area contributed by atoms with E-state index in [2.05, 4.69) is 12.1 Å². The van der Waals surface area contributed by atoms with Gasteiger partial charge in [0.1, 0.15) is 0 Å². The van der Waals surface area contributed by atoms with Crippen molar-refractivity contribution in [2.24, 2.45) is 11.7 Å². The van der Waals surface area contributed by atoms with Crippen LogP contribution in [0.1, 0.15) is 31.2 Å². The van der Waals surface area contributed by atoms with Crippen LogP contribution in [0.2, 0.25) is 0 Å². The van der Waals surface area contributed by atoms with Gasteiger partial charge in [0, 0.05) is 19.0 Å². The molecule has 2 unspecified atom stereocenters. The first-order valence-electron chi connectivity index (χ1n) is 6.81. The molecule has 2 N–H and O–H groups in total. The summed E-state index contributed by atoms with van der Waals surface area (Å²) in [6.45, 7) is 4.27. The molecule has 0 spiro atoms. The van der Waals surface area contributed by atoms with Crippen LogP contribution in [0.25, 0.3) is 0 Å². The highest BCUT2D eigenvalue weighted by atomic mass is 16.2. The summed E-state index contributed by atoms with van der Waals surface area (Å²) in [5, 5.41) is 0. The molecule has 0 bridgehead atoms. The second-order valence-corrected chi connectivity index (χ2v) is 4.92. The van der Waals surface area contributed by atoms with Crippen molar-refractivity contribution in [3.05, 3.63) is 35.9 Å². The smallest absolute Gasteiger partial charge is 0.226 e. The van der Waals surface area contributed by atoms with E-state index in [0.29, 0.717) is 18.4 Å². The summed E-state index contributed by atoms with van der Waals surface area (Å²) in [6, 6.07) is 10.3. The Morgan fingerprint density at radius 2 is 2.11 bits per heavy atom. The lowest BCUT2D eigenvalue weighted by Gasteiger charge is -2.20. The molecule has 0 saturated heterocycles. The number of hydrogen-bond acceptors (Lipinski definition) is 2. The largest absolute Gasteiger partial charge is 0.343 e. The van der Waals surface area contributed by atoms with Gasteiger partial charge in [0.15, 0.2) is 0 Å². The van der Waals surface area contributed by atoms with Crippen molar-refractivity contribution in [2.45, 2.75) is 25.7 Å². The Balaban J connectivity index is 1.92. The standard InChI is InChI=1S/C15H22N2O/c1-2-17(10-6-9-16)15(18)14-11-13(14)12-7-4-3-5-8-12/h3-5,7-8,13-14H,2,6,9-11,16H2,1H3. The van der Waals surface area contributed by atoms with Gasteiger partial charge in [-0.2, -0.15) is 0 Å². The Kier molecular flexibility index (Phi) is 4.37. The number of amides is 1. The van der Waals surface area contributed by atoms with Crippen molar-refractivity contribution in [1.29, 1.82) is 0 Å². The zero-order chi connectivity index (χ0) is 13.0. The van der Waals surface area contributed by atoms with Crippen LogP contribution in [0.5, 0.6) is 0 Å². The Hall–Kier alpha value is -1.35.